The number of hydrogen-bond donors (Lipinski definition) is 1. The molecule has 7 heteroatoms. The maximum Gasteiger partial charge on any atom is 0.339 e. The molecule has 1 saturated carbocycles. The maximum atomic E-state index is 11.2. The lowest BCUT2D eigenvalue weighted by Crippen LogP contribution is -2.36. The van der Waals surface area contributed by atoms with Gasteiger partial charge in [0.1, 0.15) is 0 Å². The van der Waals surface area contributed by atoms with Crippen LogP contribution in [0.1, 0.15) is 19.3 Å². The first-order valence-electron chi connectivity index (χ1n) is 5.42. The summed E-state index contributed by atoms with van der Waals surface area (Å²) in [6.07, 6.45) is 3.69. The molecule has 0 amide bonds. The van der Waals surface area contributed by atoms with E-state index in [1.54, 1.807) is 7.05 Å². The fourth-order valence-corrected chi connectivity index (χ4v) is 4.03. The Morgan fingerprint density at radius 1 is 1.53 bits per heavy atom. The Labute approximate surface area is 111 Å². The summed E-state index contributed by atoms with van der Waals surface area (Å²) >= 11 is 5.07. The van der Waals surface area contributed by atoms with E-state index in [9.17, 15) is 9.59 Å². The van der Waals surface area contributed by atoms with Crippen molar-refractivity contribution in [3.63, 3.8) is 0 Å². The zero-order valence-corrected chi connectivity index (χ0v) is 11.9. The first-order valence-corrected chi connectivity index (χ1v) is 7.53. The van der Waals surface area contributed by atoms with E-state index in [-0.39, 0.29) is 0 Å². The molecular formula is C10H14BrN3O2S. The van der Waals surface area contributed by atoms with E-state index in [0.29, 0.717) is 10.6 Å². The van der Waals surface area contributed by atoms with Crippen LogP contribution in [0, 0.1) is 5.41 Å². The van der Waals surface area contributed by atoms with Crippen molar-refractivity contribution in [3.8, 4) is 0 Å². The Bertz CT molecular complexity index is 516. The zero-order chi connectivity index (χ0) is 12.5. The minimum atomic E-state index is -0.716. The molecule has 1 heterocycles. The molecule has 5 nitrogen and oxygen atoms in total. The number of halogens is 1. The SMILES string of the molecule is Cn1[nH]c(=O)c(=O)nc1SCC1(CBr)CCC1. The van der Waals surface area contributed by atoms with Gasteiger partial charge in [-0.3, -0.25) is 19.4 Å². The molecule has 1 aliphatic rings. The molecule has 0 saturated heterocycles. The van der Waals surface area contributed by atoms with Crippen molar-refractivity contribution < 1.29 is 0 Å². The lowest BCUT2D eigenvalue weighted by Gasteiger charge is -2.40. The fourth-order valence-electron chi connectivity index (χ4n) is 1.80. The smallest absolute Gasteiger partial charge is 0.265 e. The van der Waals surface area contributed by atoms with E-state index >= 15 is 0 Å². The van der Waals surface area contributed by atoms with Crippen molar-refractivity contribution in [2.75, 3.05) is 11.1 Å². The molecule has 0 bridgehead atoms. The molecule has 0 spiro atoms. The van der Waals surface area contributed by atoms with Crippen molar-refractivity contribution in [2.24, 2.45) is 12.5 Å². The summed E-state index contributed by atoms with van der Waals surface area (Å²) in [6.45, 7) is 0. The second-order valence-electron chi connectivity index (χ2n) is 4.48. The zero-order valence-electron chi connectivity index (χ0n) is 9.53. The summed E-state index contributed by atoms with van der Waals surface area (Å²) in [5.74, 6) is 0.921. The van der Waals surface area contributed by atoms with Gasteiger partial charge in [-0.15, -0.1) is 0 Å². The Hall–Kier alpha value is -0.560. The topological polar surface area (TPSA) is 67.8 Å². The number of nitrogens with one attached hydrogen (secondary N) is 1. The first-order chi connectivity index (χ1) is 8.06. The predicted octanol–water partition coefficient (Wildman–Crippen LogP) is 1.13. The van der Waals surface area contributed by atoms with Crippen molar-refractivity contribution in [1.82, 2.24) is 14.8 Å². The van der Waals surface area contributed by atoms with Crippen LogP contribution in [0.15, 0.2) is 14.7 Å². The van der Waals surface area contributed by atoms with Gasteiger partial charge < -0.3 is 0 Å². The van der Waals surface area contributed by atoms with Crippen molar-refractivity contribution in [3.05, 3.63) is 20.7 Å². The molecular weight excluding hydrogens is 306 g/mol. The van der Waals surface area contributed by atoms with Crippen molar-refractivity contribution in [1.29, 1.82) is 0 Å². The van der Waals surface area contributed by atoms with E-state index in [2.05, 4.69) is 26.0 Å². The molecule has 0 aliphatic heterocycles. The monoisotopic (exact) mass is 319 g/mol. The van der Waals surface area contributed by atoms with E-state index < -0.39 is 11.1 Å². The number of H-pyrrole nitrogens is 1. The first kappa shape index (κ1) is 12.9. The van der Waals surface area contributed by atoms with Gasteiger partial charge in [-0.25, -0.2) is 0 Å². The Morgan fingerprint density at radius 2 is 2.24 bits per heavy atom. The van der Waals surface area contributed by atoms with Gasteiger partial charge in [0.15, 0.2) is 5.16 Å². The van der Waals surface area contributed by atoms with Crippen molar-refractivity contribution >= 4 is 27.7 Å². The average Bonchev–Trinajstić information content (AvgIpc) is 2.24. The van der Waals surface area contributed by atoms with Crippen LogP contribution in [-0.4, -0.2) is 25.8 Å². The molecule has 1 aromatic heterocycles. The van der Waals surface area contributed by atoms with Gasteiger partial charge in [0.25, 0.3) is 0 Å². The highest BCUT2D eigenvalue weighted by molar-refractivity contribution is 9.09. The standard InChI is InChI=1S/C10H14BrN3O2S/c1-14-9(12-7(15)8(16)13-14)17-6-10(5-11)3-2-4-10/h2-6H2,1H3,(H,13,16). The molecule has 2 rings (SSSR count). The van der Waals surface area contributed by atoms with Crippen molar-refractivity contribution in [2.45, 2.75) is 24.4 Å². The number of nitrogens with zero attached hydrogens (tertiary/aromatic N) is 2. The minimum absolute atomic E-state index is 0.332. The van der Waals surface area contributed by atoms with E-state index in [1.165, 1.54) is 35.7 Å². The summed E-state index contributed by atoms with van der Waals surface area (Å²) in [6, 6.07) is 0. The average molecular weight is 320 g/mol. The number of hydrogen-bond acceptors (Lipinski definition) is 4. The number of aromatic nitrogens is 3. The summed E-state index contributed by atoms with van der Waals surface area (Å²) in [5, 5.41) is 4.00. The van der Waals surface area contributed by atoms with Gasteiger partial charge >= 0.3 is 11.1 Å². The minimum Gasteiger partial charge on any atom is -0.265 e. The summed E-state index contributed by atoms with van der Waals surface area (Å²) in [5.41, 5.74) is -1.05. The van der Waals surface area contributed by atoms with Crippen LogP contribution >= 0.6 is 27.7 Å². The number of aromatic amines is 1. The number of aryl methyl sites for hydroxylation is 1. The van der Waals surface area contributed by atoms with Gasteiger partial charge in [0, 0.05) is 18.1 Å². The quantitative estimate of drug-likeness (QED) is 0.513. The third-order valence-electron chi connectivity index (χ3n) is 3.15. The van der Waals surface area contributed by atoms with Crippen LogP contribution in [-0.2, 0) is 7.05 Å². The Kier molecular flexibility index (Phi) is 3.77. The third-order valence-corrected chi connectivity index (χ3v) is 5.72. The van der Waals surface area contributed by atoms with Crippen LogP contribution in [0.25, 0.3) is 0 Å². The van der Waals surface area contributed by atoms with E-state index in [0.717, 1.165) is 11.1 Å². The number of thioether (sulfide) groups is 1. The second kappa shape index (κ2) is 4.97. The molecule has 94 valence electrons. The highest BCUT2D eigenvalue weighted by Gasteiger charge is 2.36. The predicted molar refractivity (Wildman–Crippen MR) is 70.9 cm³/mol. The van der Waals surface area contributed by atoms with Gasteiger partial charge in [-0.2, -0.15) is 4.98 Å². The molecule has 1 aliphatic carbocycles. The molecule has 0 aromatic carbocycles. The third kappa shape index (κ3) is 2.65. The summed E-state index contributed by atoms with van der Waals surface area (Å²) in [4.78, 5) is 26.0. The molecule has 1 aromatic rings. The summed E-state index contributed by atoms with van der Waals surface area (Å²) in [7, 11) is 1.69. The lowest BCUT2D eigenvalue weighted by atomic mass is 9.72. The van der Waals surface area contributed by atoms with Crippen LogP contribution < -0.4 is 11.1 Å². The normalized spacial score (nSPS) is 17.8. The van der Waals surface area contributed by atoms with Gasteiger partial charge in [0.2, 0.25) is 0 Å². The van der Waals surface area contributed by atoms with Gasteiger partial charge in [-0.1, -0.05) is 34.1 Å². The molecule has 1 N–H and O–H groups in total. The lowest BCUT2D eigenvalue weighted by molar-refractivity contribution is 0.206. The van der Waals surface area contributed by atoms with Gasteiger partial charge in [0.05, 0.1) is 0 Å². The largest absolute Gasteiger partial charge is 0.339 e. The van der Waals surface area contributed by atoms with E-state index in [1.807, 2.05) is 0 Å². The Balaban J connectivity index is 2.11. The molecule has 0 atom stereocenters. The van der Waals surface area contributed by atoms with Crippen LogP contribution in [0.4, 0.5) is 0 Å². The number of rotatable bonds is 4. The van der Waals surface area contributed by atoms with Crippen LogP contribution in [0.3, 0.4) is 0 Å². The highest BCUT2D eigenvalue weighted by Crippen LogP contribution is 2.45. The van der Waals surface area contributed by atoms with Crippen LogP contribution in [0.5, 0.6) is 0 Å². The molecule has 0 radical (unpaired) electrons. The highest BCUT2D eigenvalue weighted by atomic mass is 79.9. The summed E-state index contributed by atoms with van der Waals surface area (Å²) < 4.78 is 1.51. The maximum absolute atomic E-state index is 11.2. The van der Waals surface area contributed by atoms with E-state index in [4.69, 9.17) is 0 Å². The molecule has 0 unspecified atom stereocenters. The molecule has 17 heavy (non-hydrogen) atoms. The Morgan fingerprint density at radius 3 is 2.76 bits per heavy atom. The van der Waals surface area contributed by atoms with Crippen LogP contribution in [0.2, 0.25) is 0 Å². The fraction of sp³-hybridized carbons (Fsp3) is 0.700. The van der Waals surface area contributed by atoms with Gasteiger partial charge in [-0.05, 0) is 18.3 Å². The number of alkyl halides is 1. The second-order valence-corrected chi connectivity index (χ2v) is 5.98. The molecule has 1 fully saturated rings.